The largest absolute Gasteiger partial charge is 0.364 e. The van der Waals surface area contributed by atoms with Gasteiger partial charge in [-0.2, -0.15) is 0 Å². The van der Waals surface area contributed by atoms with Gasteiger partial charge in [-0.3, -0.25) is 0 Å². The Hall–Kier alpha value is -1.50. The smallest absolute Gasteiger partial charge is 0.0443 e. The lowest BCUT2D eigenvalue weighted by atomic mass is 10.0. The average Bonchev–Trinajstić information content (AvgIpc) is 2.62. The minimum atomic E-state index is 0.501. The van der Waals surface area contributed by atoms with E-state index >= 15 is 0 Å². The van der Waals surface area contributed by atoms with E-state index in [1.165, 1.54) is 16.8 Å². The van der Waals surface area contributed by atoms with Gasteiger partial charge in [0, 0.05) is 11.6 Å². The van der Waals surface area contributed by atoms with Crippen molar-refractivity contribution in [3.05, 3.63) is 53.4 Å². The molecule has 1 aromatic carbocycles. The van der Waals surface area contributed by atoms with Gasteiger partial charge in [-0.1, -0.05) is 30.3 Å². The van der Waals surface area contributed by atoms with E-state index in [4.69, 9.17) is 0 Å². The number of fused-ring (bicyclic) bond motifs is 3. The van der Waals surface area contributed by atoms with Crippen molar-refractivity contribution < 1.29 is 0 Å². The second-order valence-corrected chi connectivity index (χ2v) is 3.21. The Morgan fingerprint density at radius 3 is 3.08 bits per heavy atom. The molecule has 1 nitrogen and oxygen atoms in total. The average molecular weight is 155 g/mol. The van der Waals surface area contributed by atoms with Gasteiger partial charge in [-0.25, -0.2) is 0 Å². The van der Waals surface area contributed by atoms with Gasteiger partial charge < -0.3 is 5.32 Å². The Bertz CT molecular complexity index is 388. The summed E-state index contributed by atoms with van der Waals surface area (Å²) in [5.41, 5.74) is 4.10. The number of benzene rings is 1. The van der Waals surface area contributed by atoms with Crippen molar-refractivity contribution >= 4 is 6.08 Å². The third-order valence-corrected chi connectivity index (χ3v) is 2.52. The van der Waals surface area contributed by atoms with Gasteiger partial charge in [0.25, 0.3) is 0 Å². The van der Waals surface area contributed by atoms with Crippen LogP contribution in [-0.4, -0.2) is 0 Å². The minimum absolute atomic E-state index is 0.501. The lowest BCUT2D eigenvalue weighted by molar-refractivity contribution is 0.985. The molecule has 1 N–H and O–H groups in total. The molecule has 0 saturated carbocycles. The fourth-order valence-electron chi connectivity index (χ4n) is 1.93. The molecule has 3 rings (SSSR count). The van der Waals surface area contributed by atoms with E-state index in [1.807, 2.05) is 6.20 Å². The van der Waals surface area contributed by atoms with Gasteiger partial charge in [0.2, 0.25) is 0 Å². The number of hydrogen-bond donors (Lipinski definition) is 1. The summed E-state index contributed by atoms with van der Waals surface area (Å²) < 4.78 is 0. The third kappa shape index (κ3) is 0.632. The Labute approximate surface area is 71.4 Å². The molecule has 58 valence electrons. The summed E-state index contributed by atoms with van der Waals surface area (Å²) in [6.45, 7) is 0. The zero-order valence-corrected chi connectivity index (χ0v) is 6.62. The summed E-state index contributed by atoms with van der Waals surface area (Å²) in [5, 5.41) is 3.25. The first-order valence-corrected chi connectivity index (χ1v) is 4.19. The van der Waals surface area contributed by atoms with Crippen molar-refractivity contribution in [2.45, 2.75) is 5.92 Å². The van der Waals surface area contributed by atoms with Crippen LogP contribution < -0.4 is 5.32 Å². The molecule has 0 spiro atoms. The lowest BCUT2D eigenvalue weighted by Gasteiger charge is -2.04. The molecule has 0 amide bonds. The maximum Gasteiger partial charge on any atom is 0.0443 e. The molecule has 1 unspecified atom stereocenters. The summed E-state index contributed by atoms with van der Waals surface area (Å²) in [4.78, 5) is 0. The highest BCUT2D eigenvalue weighted by atomic mass is 14.9. The quantitative estimate of drug-likeness (QED) is 0.606. The van der Waals surface area contributed by atoms with E-state index in [-0.39, 0.29) is 0 Å². The van der Waals surface area contributed by atoms with E-state index < -0.39 is 0 Å². The Morgan fingerprint density at radius 1 is 1.17 bits per heavy atom. The van der Waals surface area contributed by atoms with Crippen molar-refractivity contribution in [3.63, 3.8) is 0 Å². The number of nitrogens with one attached hydrogen (secondary N) is 1. The predicted octanol–water partition coefficient (Wildman–Crippen LogP) is 2.24. The van der Waals surface area contributed by atoms with Crippen LogP contribution in [0.4, 0.5) is 0 Å². The molecule has 2 aliphatic rings. The number of allylic oxidation sites excluding steroid dienone is 1. The molecule has 12 heavy (non-hydrogen) atoms. The van der Waals surface area contributed by atoms with E-state index in [1.54, 1.807) is 0 Å². The Balaban J connectivity index is 2.23. The van der Waals surface area contributed by atoms with Crippen LogP contribution in [-0.2, 0) is 0 Å². The number of rotatable bonds is 0. The summed E-state index contributed by atoms with van der Waals surface area (Å²) in [6, 6.07) is 8.54. The molecule has 0 bridgehead atoms. The first-order valence-electron chi connectivity index (χ1n) is 4.19. The zero-order chi connectivity index (χ0) is 7.97. The highest BCUT2D eigenvalue weighted by Gasteiger charge is 2.24. The molecular formula is C11H9N. The minimum Gasteiger partial charge on any atom is -0.364 e. The topological polar surface area (TPSA) is 12.0 Å². The molecule has 1 aliphatic carbocycles. The van der Waals surface area contributed by atoms with Crippen LogP contribution in [0.3, 0.4) is 0 Å². The molecule has 1 heteroatoms. The third-order valence-electron chi connectivity index (χ3n) is 2.52. The van der Waals surface area contributed by atoms with E-state index in [0.29, 0.717) is 5.92 Å². The summed E-state index contributed by atoms with van der Waals surface area (Å²) in [6.07, 6.45) is 6.45. The Kier molecular flexibility index (Phi) is 1.01. The van der Waals surface area contributed by atoms with Crippen molar-refractivity contribution in [1.29, 1.82) is 0 Å². The van der Waals surface area contributed by atoms with Gasteiger partial charge in [0.15, 0.2) is 0 Å². The fourth-order valence-corrected chi connectivity index (χ4v) is 1.93. The first-order chi connectivity index (χ1) is 5.95. The van der Waals surface area contributed by atoms with Crippen molar-refractivity contribution in [3.8, 4) is 0 Å². The van der Waals surface area contributed by atoms with Crippen LogP contribution in [0.15, 0.2) is 42.2 Å². The second-order valence-electron chi connectivity index (χ2n) is 3.21. The number of hydrogen-bond acceptors (Lipinski definition) is 1. The maximum atomic E-state index is 3.25. The van der Waals surface area contributed by atoms with Gasteiger partial charge in [-0.15, -0.1) is 0 Å². The molecule has 1 atom stereocenters. The van der Waals surface area contributed by atoms with Crippen LogP contribution in [0.1, 0.15) is 17.0 Å². The summed E-state index contributed by atoms with van der Waals surface area (Å²) in [7, 11) is 0. The van der Waals surface area contributed by atoms with Gasteiger partial charge in [0.1, 0.15) is 0 Å². The molecule has 0 fully saturated rings. The fraction of sp³-hybridized carbons (Fsp3) is 0.0909. The summed E-state index contributed by atoms with van der Waals surface area (Å²) >= 11 is 0. The van der Waals surface area contributed by atoms with Crippen LogP contribution in [0, 0.1) is 0 Å². The van der Waals surface area contributed by atoms with Crippen molar-refractivity contribution in [2.75, 3.05) is 0 Å². The highest BCUT2D eigenvalue weighted by molar-refractivity contribution is 5.68. The van der Waals surface area contributed by atoms with E-state index in [0.717, 1.165) is 0 Å². The van der Waals surface area contributed by atoms with Gasteiger partial charge in [0.05, 0.1) is 0 Å². The molecule has 1 aromatic rings. The molecule has 1 aliphatic heterocycles. The van der Waals surface area contributed by atoms with Crippen molar-refractivity contribution in [1.82, 2.24) is 5.32 Å². The lowest BCUT2D eigenvalue weighted by Crippen LogP contribution is -1.99. The SMILES string of the molecule is C1=CC2C(=Cc3ccccc32)N1. The summed E-state index contributed by atoms with van der Waals surface area (Å²) in [5.74, 6) is 0.501. The van der Waals surface area contributed by atoms with Gasteiger partial charge in [-0.05, 0) is 23.4 Å². The zero-order valence-electron chi connectivity index (χ0n) is 6.62. The predicted molar refractivity (Wildman–Crippen MR) is 49.4 cm³/mol. The molecule has 0 aromatic heterocycles. The van der Waals surface area contributed by atoms with Crippen molar-refractivity contribution in [2.24, 2.45) is 0 Å². The maximum absolute atomic E-state index is 3.25. The standard InChI is InChI=1S/C11H9N/c1-2-4-9-8(3-1)7-11-10(9)5-6-12-11/h1-7,10,12H. The molecule has 0 saturated heterocycles. The molecular weight excluding hydrogens is 146 g/mol. The normalized spacial score (nSPS) is 23.0. The van der Waals surface area contributed by atoms with E-state index in [9.17, 15) is 0 Å². The van der Waals surface area contributed by atoms with Crippen LogP contribution in [0.2, 0.25) is 0 Å². The molecule has 1 heterocycles. The highest BCUT2D eigenvalue weighted by Crippen LogP contribution is 2.37. The molecule has 0 radical (unpaired) electrons. The Morgan fingerprint density at radius 2 is 2.08 bits per heavy atom. The van der Waals surface area contributed by atoms with Gasteiger partial charge >= 0.3 is 0 Å². The van der Waals surface area contributed by atoms with E-state index in [2.05, 4.69) is 41.7 Å². The van der Waals surface area contributed by atoms with Crippen LogP contribution in [0.25, 0.3) is 6.08 Å². The first kappa shape index (κ1) is 6.06. The monoisotopic (exact) mass is 155 g/mol. The second kappa shape index (κ2) is 2.01. The van der Waals surface area contributed by atoms with Crippen LogP contribution >= 0.6 is 0 Å². The van der Waals surface area contributed by atoms with Crippen LogP contribution in [0.5, 0.6) is 0 Å².